The molecule has 0 aliphatic rings. The zero-order valence-corrected chi connectivity index (χ0v) is 10.8. The highest BCUT2D eigenvalue weighted by atomic mass is 79.9. The van der Waals surface area contributed by atoms with Crippen molar-refractivity contribution < 1.29 is 9.13 Å². The predicted molar refractivity (Wildman–Crippen MR) is 64.4 cm³/mol. The number of aryl methyl sites for hydroxylation is 1. The van der Waals surface area contributed by atoms with Gasteiger partial charge in [-0.05, 0) is 17.7 Å². The summed E-state index contributed by atoms with van der Waals surface area (Å²) < 4.78 is 20.5. The molecule has 0 amide bonds. The van der Waals surface area contributed by atoms with Crippen molar-refractivity contribution in [1.29, 1.82) is 0 Å². The Morgan fingerprint density at radius 2 is 2.29 bits per heavy atom. The largest absolute Gasteiger partial charge is 0.484 e. The number of aromatic nitrogens is 3. The van der Waals surface area contributed by atoms with E-state index in [4.69, 9.17) is 4.74 Å². The number of alkyl halides is 1. The number of benzene rings is 1. The first-order valence-corrected chi connectivity index (χ1v) is 6.13. The second-order valence-electron chi connectivity index (χ2n) is 3.57. The van der Waals surface area contributed by atoms with Crippen LogP contribution in [0.3, 0.4) is 0 Å². The van der Waals surface area contributed by atoms with Crippen molar-refractivity contribution in [3.05, 3.63) is 41.5 Å². The molecule has 1 heterocycles. The van der Waals surface area contributed by atoms with E-state index >= 15 is 0 Å². The highest BCUT2D eigenvalue weighted by Gasteiger charge is 2.06. The molecule has 0 aliphatic carbocycles. The molecule has 6 heteroatoms. The monoisotopic (exact) mass is 299 g/mol. The van der Waals surface area contributed by atoms with Gasteiger partial charge in [-0.3, -0.25) is 4.68 Å². The molecule has 0 saturated heterocycles. The molecule has 0 atom stereocenters. The number of rotatable bonds is 4. The van der Waals surface area contributed by atoms with Crippen molar-refractivity contribution in [2.24, 2.45) is 7.05 Å². The molecule has 0 radical (unpaired) electrons. The summed E-state index contributed by atoms with van der Waals surface area (Å²) in [5, 5.41) is 8.24. The summed E-state index contributed by atoms with van der Waals surface area (Å²) in [4.78, 5) is 0. The molecule has 0 fully saturated rings. The second-order valence-corrected chi connectivity index (χ2v) is 4.13. The number of hydrogen-bond acceptors (Lipinski definition) is 3. The molecule has 0 saturated carbocycles. The van der Waals surface area contributed by atoms with Crippen LogP contribution in [0.15, 0.2) is 24.4 Å². The van der Waals surface area contributed by atoms with Gasteiger partial charge >= 0.3 is 0 Å². The van der Waals surface area contributed by atoms with Crippen LogP contribution in [0, 0.1) is 5.82 Å². The van der Waals surface area contributed by atoms with Gasteiger partial charge in [-0.25, -0.2) is 4.39 Å². The molecule has 0 N–H and O–H groups in total. The van der Waals surface area contributed by atoms with E-state index in [-0.39, 0.29) is 18.2 Å². The van der Waals surface area contributed by atoms with Crippen LogP contribution in [-0.2, 0) is 19.0 Å². The van der Waals surface area contributed by atoms with E-state index < -0.39 is 0 Å². The highest BCUT2D eigenvalue weighted by Crippen LogP contribution is 2.20. The number of nitrogens with zero attached hydrogens (tertiary/aromatic N) is 3. The maximum Gasteiger partial charge on any atom is 0.165 e. The quantitative estimate of drug-likeness (QED) is 0.814. The first kappa shape index (κ1) is 12.0. The lowest BCUT2D eigenvalue weighted by Gasteiger charge is -2.06. The number of halogens is 2. The van der Waals surface area contributed by atoms with Gasteiger partial charge in [0.05, 0.1) is 6.20 Å². The molecule has 0 aliphatic heterocycles. The molecule has 0 bridgehead atoms. The van der Waals surface area contributed by atoms with E-state index in [1.165, 1.54) is 6.07 Å². The van der Waals surface area contributed by atoms with E-state index in [1.54, 1.807) is 24.0 Å². The second kappa shape index (κ2) is 5.27. The summed E-state index contributed by atoms with van der Waals surface area (Å²) in [5.41, 5.74) is 1.53. The van der Waals surface area contributed by atoms with Crippen molar-refractivity contribution in [2.45, 2.75) is 11.9 Å². The Hall–Kier alpha value is -1.43. The Kier molecular flexibility index (Phi) is 3.73. The number of hydrogen-bond donors (Lipinski definition) is 0. The Morgan fingerprint density at radius 1 is 1.47 bits per heavy atom. The first-order valence-electron chi connectivity index (χ1n) is 5.01. The maximum atomic E-state index is 13.6. The van der Waals surface area contributed by atoms with Gasteiger partial charge < -0.3 is 4.74 Å². The summed E-state index contributed by atoms with van der Waals surface area (Å²) in [6.45, 7) is 0.207. The summed E-state index contributed by atoms with van der Waals surface area (Å²) in [5.74, 6) is -0.147. The Balaban J connectivity index is 2.04. The fourth-order valence-corrected chi connectivity index (χ4v) is 1.71. The van der Waals surface area contributed by atoms with E-state index in [0.29, 0.717) is 11.0 Å². The van der Waals surface area contributed by atoms with Gasteiger partial charge in [-0.1, -0.05) is 27.2 Å². The third-order valence-corrected chi connectivity index (χ3v) is 2.82. The molecule has 4 nitrogen and oxygen atoms in total. The van der Waals surface area contributed by atoms with Gasteiger partial charge in [0.15, 0.2) is 11.6 Å². The predicted octanol–water partition coefficient (Wildman–Crippen LogP) is 2.43. The fraction of sp³-hybridized carbons (Fsp3) is 0.273. The van der Waals surface area contributed by atoms with Crippen molar-refractivity contribution >= 4 is 15.9 Å². The summed E-state index contributed by atoms with van der Waals surface area (Å²) >= 11 is 3.27. The molecule has 2 aromatic rings. The van der Waals surface area contributed by atoms with E-state index in [9.17, 15) is 4.39 Å². The summed E-state index contributed by atoms with van der Waals surface area (Å²) in [7, 11) is 1.77. The van der Waals surface area contributed by atoms with Crippen LogP contribution in [0.25, 0.3) is 0 Å². The molecule has 2 rings (SSSR count). The van der Waals surface area contributed by atoms with Gasteiger partial charge in [0.1, 0.15) is 12.3 Å². The lowest BCUT2D eigenvalue weighted by atomic mass is 10.2. The van der Waals surface area contributed by atoms with Crippen LogP contribution >= 0.6 is 15.9 Å². The minimum absolute atomic E-state index is 0.207. The van der Waals surface area contributed by atoms with E-state index in [2.05, 4.69) is 26.2 Å². The topological polar surface area (TPSA) is 39.9 Å². The minimum Gasteiger partial charge on any atom is -0.484 e. The molecule has 1 aromatic carbocycles. The van der Waals surface area contributed by atoms with Crippen molar-refractivity contribution in [3.63, 3.8) is 0 Å². The highest BCUT2D eigenvalue weighted by molar-refractivity contribution is 9.08. The van der Waals surface area contributed by atoms with Crippen LogP contribution in [0.1, 0.15) is 11.3 Å². The van der Waals surface area contributed by atoms with Crippen LogP contribution in [0.5, 0.6) is 5.75 Å². The van der Waals surface area contributed by atoms with Gasteiger partial charge in [0.25, 0.3) is 0 Å². The van der Waals surface area contributed by atoms with Crippen LogP contribution < -0.4 is 4.74 Å². The summed E-state index contributed by atoms with van der Waals surface area (Å²) in [6, 6.07) is 4.87. The van der Waals surface area contributed by atoms with Crippen molar-refractivity contribution in [1.82, 2.24) is 15.0 Å². The smallest absolute Gasteiger partial charge is 0.165 e. The van der Waals surface area contributed by atoms with E-state index in [1.807, 2.05) is 6.07 Å². The average Bonchev–Trinajstić information content (AvgIpc) is 2.73. The molecule has 90 valence electrons. The van der Waals surface area contributed by atoms with Gasteiger partial charge in [0, 0.05) is 12.4 Å². The molecule has 0 unspecified atom stereocenters. The van der Waals surface area contributed by atoms with Crippen molar-refractivity contribution in [3.8, 4) is 5.75 Å². The molecular formula is C11H11BrFN3O. The Morgan fingerprint density at radius 3 is 2.88 bits per heavy atom. The fourth-order valence-electron chi connectivity index (χ4n) is 1.36. The standard InChI is InChI=1S/C11H11BrFN3O/c1-16-6-9(14-15-16)7-17-11-3-2-8(5-12)4-10(11)13/h2-4,6H,5,7H2,1H3. The molecular weight excluding hydrogens is 289 g/mol. The van der Waals surface area contributed by atoms with Gasteiger partial charge in [-0.15, -0.1) is 5.10 Å². The molecule has 1 aromatic heterocycles. The van der Waals surface area contributed by atoms with Crippen LogP contribution in [0.2, 0.25) is 0 Å². The number of ether oxygens (including phenoxy) is 1. The average molecular weight is 300 g/mol. The van der Waals surface area contributed by atoms with E-state index in [0.717, 1.165) is 5.56 Å². The van der Waals surface area contributed by atoms with Gasteiger partial charge in [-0.2, -0.15) is 0 Å². The first-order chi connectivity index (χ1) is 8.19. The Labute approximate surface area is 107 Å². The van der Waals surface area contributed by atoms with Crippen molar-refractivity contribution in [2.75, 3.05) is 0 Å². The van der Waals surface area contributed by atoms with Gasteiger partial charge in [0.2, 0.25) is 0 Å². The molecule has 17 heavy (non-hydrogen) atoms. The normalized spacial score (nSPS) is 10.5. The SMILES string of the molecule is Cn1cc(COc2ccc(CBr)cc2F)nn1. The summed E-state index contributed by atoms with van der Waals surface area (Å²) in [6.07, 6.45) is 1.73. The van der Waals surface area contributed by atoms with Crippen LogP contribution in [0.4, 0.5) is 4.39 Å². The Bertz CT molecular complexity index is 515. The molecule has 0 spiro atoms. The minimum atomic E-state index is -0.370. The third-order valence-electron chi connectivity index (χ3n) is 2.18. The maximum absolute atomic E-state index is 13.6. The third kappa shape index (κ3) is 3.03. The lowest BCUT2D eigenvalue weighted by Crippen LogP contribution is -1.98. The zero-order chi connectivity index (χ0) is 12.3. The lowest BCUT2D eigenvalue weighted by molar-refractivity contribution is 0.285. The van der Waals surface area contributed by atoms with Crippen LogP contribution in [-0.4, -0.2) is 15.0 Å². The zero-order valence-electron chi connectivity index (χ0n) is 9.23.